The third kappa shape index (κ3) is 2.85. The largest absolute Gasteiger partial charge is 0.396 e. The Morgan fingerprint density at radius 3 is 2.21 bits per heavy atom. The number of rotatable bonds is 1. The second-order valence-corrected chi connectivity index (χ2v) is 14.7. The van der Waals surface area contributed by atoms with Gasteiger partial charge in [0, 0.05) is 12.0 Å². The molecule has 4 fully saturated rings. The summed E-state index contributed by atoms with van der Waals surface area (Å²) in [4.78, 5) is 0. The van der Waals surface area contributed by atoms with Crippen LogP contribution >= 0.6 is 0 Å². The second kappa shape index (κ2) is 7.32. The molecule has 3 N–H and O–H groups in total. The number of fused-ring (bicyclic) bond motifs is 7. The Morgan fingerprint density at radius 2 is 1.55 bits per heavy atom. The van der Waals surface area contributed by atoms with Crippen molar-refractivity contribution in [3.8, 4) is 0 Å². The maximum Gasteiger partial charge on any atom is 0.0603 e. The fourth-order valence-corrected chi connectivity index (χ4v) is 11.0. The average Bonchev–Trinajstić information content (AvgIpc) is 2.74. The van der Waals surface area contributed by atoms with Gasteiger partial charge in [-0.2, -0.15) is 0 Å². The number of hydrogen-bond donors (Lipinski definition) is 3. The van der Waals surface area contributed by atoms with Gasteiger partial charge in [0.1, 0.15) is 0 Å². The maximum atomic E-state index is 11.3. The van der Waals surface area contributed by atoms with Gasteiger partial charge in [-0.3, -0.25) is 0 Å². The van der Waals surface area contributed by atoms with Crippen molar-refractivity contribution < 1.29 is 15.3 Å². The van der Waals surface area contributed by atoms with Gasteiger partial charge in [0.15, 0.2) is 0 Å². The van der Waals surface area contributed by atoms with Gasteiger partial charge in [-0.05, 0) is 103 Å². The van der Waals surface area contributed by atoms with Crippen LogP contribution in [0.15, 0.2) is 11.6 Å². The van der Waals surface area contributed by atoms with Crippen LogP contribution in [0.1, 0.15) is 99.8 Å². The Morgan fingerprint density at radius 1 is 0.848 bits per heavy atom. The quantitative estimate of drug-likeness (QED) is 0.424. The van der Waals surface area contributed by atoms with Crippen molar-refractivity contribution >= 4 is 0 Å². The predicted molar refractivity (Wildman–Crippen MR) is 133 cm³/mol. The van der Waals surface area contributed by atoms with Crippen molar-refractivity contribution in [2.45, 2.75) is 112 Å². The summed E-state index contributed by atoms with van der Waals surface area (Å²) in [6, 6.07) is 0. The van der Waals surface area contributed by atoms with Crippen LogP contribution in [-0.2, 0) is 0 Å². The van der Waals surface area contributed by atoms with Crippen molar-refractivity contribution in [2.24, 2.45) is 56.7 Å². The zero-order valence-electron chi connectivity index (χ0n) is 22.3. The summed E-state index contributed by atoms with van der Waals surface area (Å²) in [7, 11) is 0. The lowest BCUT2D eigenvalue weighted by Crippen LogP contribution is -2.65. The van der Waals surface area contributed by atoms with Gasteiger partial charge in [-0.1, -0.05) is 60.1 Å². The standard InChI is InChI=1S/C30H50O3/c1-18-19(17-31)16-24(33)28(5)14-15-29(6)20(25(18)28)8-9-22-27(4)12-11-23(32)26(2,3)21(27)10-13-30(22,29)7/h8,18-19,21-25,31-33H,9-17H2,1-7H3/t18-,19-,21?,22+,23-,24-,25-,27-,28-,29+,30+/m0/s1. The van der Waals surface area contributed by atoms with Crippen LogP contribution in [0.25, 0.3) is 0 Å². The molecule has 1 unspecified atom stereocenters. The summed E-state index contributed by atoms with van der Waals surface area (Å²) < 4.78 is 0. The Hall–Kier alpha value is -0.380. The molecule has 0 aromatic heterocycles. The van der Waals surface area contributed by atoms with Crippen molar-refractivity contribution in [3.63, 3.8) is 0 Å². The molecule has 0 heterocycles. The number of aliphatic hydroxyl groups is 3. The highest BCUT2D eigenvalue weighted by Crippen LogP contribution is 2.75. The van der Waals surface area contributed by atoms with Gasteiger partial charge in [-0.25, -0.2) is 0 Å². The van der Waals surface area contributed by atoms with Crippen LogP contribution in [-0.4, -0.2) is 34.1 Å². The zero-order valence-corrected chi connectivity index (χ0v) is 22.3. The summed E-state index contributed by atoms with van der Waals surface area (Å²) in [5.41, 5.74) is 2.21. The molecule has 0 radical (unpaired) electrons. The smallest absolute Gasteiger partial charge is 0.0603 e. The fraction of sp³-hybridized carbons (Fsp3) is 0.933. The lowest BCUT2D eigenvalue weighted by molar-refractivity contribution is -0.209. The minimum atomic E-state index is -0.319. The van der Waals surface area contributed by atoms with Crippen molar-refractivity contribution in [2.75, 3.05) is 6.61 Å². The van der Waals surface area contributed by atoms with Crippen LogP contribution < -0.4 is 0 Å². The molecule has 0 aromatic rings. The molecule has 0 spiro atoms. The van der Waals surface area contributed by atoms with Gasteiger partial charge in [0.05, 0.1) is 12.2 Å². The molecule has 11 atom stereocenters. The summed E-state index contributed by atoms with van der Waals surface area (Å²) in [6.45, 7) is 17.3. The van der Waals surface area contributed by atoms with E-state index in [0.29, 0.717) is 23.7 Å². The summed E-state index contributed by atoms with van der Waals surface area (Å²) in [5, 5.41) is 32.3. The maximum absolute atomic E-state index is 11.3. The molecule has 3 nitrogen and oxygen atoms in total. The van der Waals surface area contributed by atoms with Crippen LogP contribution in [0, 0.1) is 56.7 Å². The van der Waals surface area contributed by atoms with Crippen LogP contribution in [0.5, 0.6) is 0 Å². The van der Waals surface area contributed by atoms with E-state index in [0.717, 1.165) is 32.1 Å². The van der Waals surface area contributed by atoms with E-state index in [1.54, 1.807) is 5.57 Å². The molecule has 33 heavy (non-hydrogen) atoms. The van der Waals surface area contributed by atoms with Crippen LogP contribution in [0.3, 0.4) is 0 Å². The monoisotopic (exact) mass is 458 g/mol. The molecule has 0 bridgehead atoms. The lowest BCUT2D eigenvalue weighted by atomic mass is 9.33. The first-order valence-electron chi connectivity index (χ1n) is 13.9. The molecule has 0 saturated heterocycles. The summed E-state index contributed by atoms with van der Waals surface area (Å²) in [6.07, 6.45) is 10.8. The van der Waals surface area contributed by atoms with Gasteiger partial charge < -0.3 is 15.3 Å². The van der Waals surface area contributed by atoms with E-state index in [-0.39, 0.29) is 51.8 Å². The minimum absolute atomic E-state index is 0.0132. The van der Waals surface area contributed by atoms with Crippen molar-refractivity contribution in [1.29, 1.82) is 0 Å². The Balaban J connectivity index is 1.59. The van der Waals surface area contributed by atoms with Crippen molar-refractivity contribution in [1.82, 2.24) is 0 Å². The molecule has 0 aliphatic heterocycles. The highest BCUT2D eigenvalue weighted by Gasteiger charge is 2.68. The Labute approximate surface area is 202 Å². The topological polar surface area (TPSA) is 60.7 Å². The van der Waals surface area contributed by atoms with Crippen LogP contribution in [0.2, 0.25) is 0 Å². The Kier molecular flexibility index (Phi) is 5.40. The van der Waals surface area contributed by atoms with Gasteiger partial charge in [0.2, 0.25) is 0 Å². The molecule has 0 amide bonds. The highest BCUT2D eigenvalue weighted by molar-refractivity contribution is 5.34. The molecular formula is C30H50O3. The summed E-state index contributed by atoms with van der Waals surface area (Å²) in [5.74, 6) is 2.19. The van der Waals surface area contributed by atoms with E-state index in [2.05, 4.69) is 54.5 Å². The molecule has 5 aliphatic rings. The lowest BCUT2D eigenvalue weighted by Gasteiger charge is -2.71. The predicted octanol–water partition coefficient (Wildman–Crippen LogP) is 5.97. The molecule has 188 valence electrons. The fourth-order valence-electron chi connectivity index (χ4n) is 11.0. The van der Waals surface area contributed by atoms with E-state index in [1.807, 2.05) is 0 Å². The first-order chi connectivity index (χ1) is 15.3. The summed E-state index contributed by atoms with van der Waals surface area (Å²) >= 11 is 0. The van der Waals surface area contributed by atoms with Crippen LogP contribution in [0.4, 0.5) is 0 Å². The minimum Gasteiger partial charge on any atom is -0.396 e. The number of aliphatic hydroxyl groups excluding tert-OH is 3. The van der Waals surface area contributed by atoms with E-state index in [4.69, 9.17) is 0 Å². The zero-order chi connectivity index (χ0) is 24.2. The molecular weight excluding hydrogens is 408 g/mol. The van der Waals surface area contributed by atoms with Gasteiger partial charge in [-0.15, -0.1) is 0 Å². The first-order valence-corrected chi connectivity index (χ1v) is 13.9. The highest BCUT2D eigenvalue weighted by atomic mass is 16.3. The van der Waals surface area contributed by atoms with Gasteiger partial charge in [0.25, 0.3) is 0 Å². The third-order valence-corrected chi connectivity index (χ3v) is 13.5. The molecule has 5 aliphatic carbocycles. The van der Waals surface area contributed by atoms with Crippen molar-refractivity contribution in [3.05, 3.63) is 11.6 Å². The normalized spacial score (nSPS) is 57.8. The van der Waals surface area contributed by atoms with E-state index in [1.165, 1.54) is 19.3 Å². The first kappa shape index (κ1) is 24.3. The van der Waals surface area contributed by atoms with E-state index in [9.17, 15) is 15.3 Å². The Bertz CT molecular complexity index is 832. The SMILES string of the molecule is C[C@H]1[C@H](CO)C[C@H](O)[C@]2(C)CC[C@]3(C)C(=CC[C@@H]4[C@@]5(C)CC[C@H](O)C(C)(C)C5CC[C@]43C)[C@H]12. The molecule has 4 saturated carbocycles. The molecule has 0 aromatic carbocycles. The average molecular weight is 459 g/mol. The van der Waals surface area contributed by atoms with E-state index < -0.39 is 0 Å². The molecule has 5 rings (SSSR count). The number of allylic oxidation sites excluding steroid dienone is 2. The molecule has 3 heteroatoms. The third-order valence-electron chi connectivity index (χ3n) is 13.5. The van der Waals surface area contributed by atoms with E-state index >= 15 is 0 Å². The number of hydrogen-bond acceptors (Lipinski definition) is 3. The van der Waals surface area contributed by atoms with Gasteiger partial charge >= 0.3 is 0 Å². The second-order valence-electron chi connectivity index (χ2n) is 14.7.